The third-order valence-corrected chi connectivity index (χ3v) is 3.84. The molecule has 2 N–H and O–H groups in total. The van der Waals surface area contributed by atoms with Gasteiger partial charge in [0.15, 0.2) is 0 Å². The fourth-order valence-corrected chi connectivity index (χ4v) is 2.71. The van der Waals surface area contributed by atoms with Gasteiger partial charge in [0.25, 0.3) is 5.69 Å². The Morgan fingerprint density at radius 2 is 2.33 bits per heavy atom. The lowest BCUT2D eigenvalue weighted by molar-refractivity contribution is -0.384. The number of carboxylic acids is 1. The highest BCUT2D eigenvalue weighted by Gasteiger charge is 2.24. The molecule has 110 valence electrons. The molecule has 1 aromatic carbocycles. The van der Waals surface area contributed by atoms with Gasteiger partial charge < -0.3 is 10.4 Å². The number of rotatable bonds is 6. The molecule has 0 aliphatic rings. The van der Waals surface area contributed by atoms with Crippen molar-refractivity contribution in [1.29, 1.82) is 0 Å². The van der Waals surface area contributed by atoms with Gasteiger partial charge in [-0.05, 0) is 12.5 Å². The van der Waals surface area contributed by atoms with Crippen LogP contribution in [0.3, 0.4) is 0 Å². The molecule has 2 rings (SSSR count). The van der Waals surface area contributed by atoms with Crippen molar-refractivity contribution < 1.29 is 14.8 Å². The van der Waals surface area contributed by atoms with E-state index in [0.717, 1.165) is 5.01 Å². The molecule has 0 saturated heterocycles. The molecule has 1 aromatic heterocycles. The number of anilines is 1. The average Bonchev–Trinajstić information content (AvgIpc) is 2.98. The van der Waals surface area contributed by atoms with Crippen molar-refractivity contribution in [2.45, 2.75) is 19.4 Å². The highest BCUT2D eigenvalue weighted by Crippen LogP contribution is 2.33. The number of aromatic carboxylic acids is 1. The van der Waals surface area contributed by atoms with Crippen LogP contribution in [-0.4, -0.2) is 21.0 Å². The molecule has 0 aliphatic heterocycles. The predicted molar refractivity (Wildman–Crippen MR) is 78.8 cm³/mol. The Hall–Kier alpha value is -2.48. The van der Waals surface area contributed by atoms with Crippen LogP contribution in [-0.2, 0) is 0 Å². The van der Waals surface area contributed by atoms with Crippen LogP contribution < -0.4 is 5.32 Å². The maximum atomic E-state index is 11.3. The van der Waals surface area contributed by atoms with Crippen molar-refractivity contribution >= 4 is 28.7 Å². The molecule has 7 nitrogen and oxygen atoms in total. The van der Waals surface area contributed by atoms with Crippen molar-refractivity contribution in [2.24, 2.45) is 0 Å². The number of hydrogen-bond acceptors (Lipinski definition) is 6. The molecule has 1 unspecified atom stereocenters. The molecule has 1 heterocycles. The van der Waals surface area contributed by atoms with E-state index in [-0.39, 0.29) is 23.0 Å². The van der Waals surface area contributed by atoms with E-state index in [0.29, 0.717) is 6.42 Å². The van der Waals surface area contributed by atoms with Crippen LogP contribution in [0.5, 0.6) is 0 Å². The fourth-order valence-electron chi connectivity index (χ4n) is 1.94. The second kappa shape index (κ2) is 6.31. The Labute approximate surface area is 124 Å². The molecule has 0 saturated carbocycles. The lowest BCUT2D eigenvalue weighted by atomic mass is 10.1. The summed E-state index contributed by atoms with van der Waals surface area (Å²) in [5.74, 6) is -1.21. The Kier molecular flexibility index (Phi) is 4.49. The van der Waals surface area contributed by atoms with Crippen LogP contribution in [0.25, 0.3) is 0 Å². The molecule has 0 fully saturated rings. The van der Waals surface area contributed by atoms with Crippen LogP contribution in [0.2, 0.25) is 0 Å². The third-order valence-electron chi connectivity index (χ3n) is 2.95. The standard InChI is InChI=1S/C13H13N3O4S/c1-2-9(12-14-6-7-21-12)15-11-8(13(17)18)4-3-5-10(11)16(19)20/h3-7,9,15H,2H2,1H3,(H,17,18). The number of aromatic nitrogens is 1. The lowest BCUT2D eigenvalue weighted by Gasteiger charge is -2.17. The molecule has 0 bridgehead atoms. The zero-order valence-corrected chi connectivity index (χ0v) is 12.0. The summed E-state index contributed by atoms with van der Waals surface area (Å²) in [7, 11) is 0. The quantitative estimate of drug-likeness (QED) is 0.626. The van der Waals surface area contributed by atoms with Gasteiger partial charge in [0.2, 0.25) is 0 Å². The second-order valence-electron chi connectivity index (χ2n) is 4.24. The first-order valence-electron chi connectivity index (χ1n) is 6.21. The summed E-state index contributed by atoms with van der Waals surface area (Å²) in [5.41, 5.74) is -0.374. The SMILES string of the molecule is CCC(Nc1c(C(=O)O)cccc1[N+](=O)[O-])c1nccs1. The zero-order valence-electron chi connectivity index (χ0n) is 11.1. The minimum absolute atomic E-state index is 0.0112. The number of carbonyl (C=O) groups is 1. The number of nitrogens with one attached hydrogen (secondary N) is 1. The van der Waals surface area contributed by atoms with E-state index in [1.165, 1.54) is 29.5 Å². The number of nitro groups is 1. The van der Waals surface area contributed by atoms with E-state index < -0.39 is 10.9 Å². The first kappa shape index (κ1) is 14.9. The summed E-state index contributed by atoms with van der Waals surface area (Å²) < 4.78 is 0. The van der Waals surface area contributed by atoms with E-state index >= 15 is 0 Å². The first-order valence-corrected chi connectivity index (χ1v) is 7.09. The molecular formula is C13H13N3O4S. The smallest absolute Gasteiger partial charge is 0.338 e. The minimum Gasteiger partial charge on any atom is -0.478 e. The van der Waals surface area contributed by atoms with Crippen LogP contribution in [0.15, 0.2) is 29.8 Å². The highest BCUT2D eigenvalue weighted by atomic mass is 32.1. The van der Waals surface area contributed by atoms with Gasteiger partial charge in [0.1, 0.15) is 10.7 Å². The van der Waals surface area contributed by atoms with E-state index in [1.807, 2.05) is 6.92 Å². The molecule has 2 aromatic rings. The highest BCUT2D eigenvalue weighted by molar-refractivity contribution is 7.09. The summed E-state index contributed by atoms with van der Waals surface area (Å²) in [5, 5.41) is 25.8. The number of hydrogen-bond donors (Lipinski definition) is 2. The molecule has 0 amide bonds. The normalized spacial score (nSPS) is 11.9. The van der Waals surface area contributed by atoms with Gasteiger partial charge in [0, 0.05) is 17.6 Å². The van der Waals surface area contributed by atoms with Crippen LogP contribution in [0.1, 0.15) is 34.8 Å². The Balaban J connectivity index is 2.46. The van der Waals surface area contributed by atoms with E-state index in [2.05, 4.69) is 10.3 Å². The summed E-state index contributed by atoms with van der Waals surface area (Å²) in [6.07, 6.45) is 2.26. The molecule has 0 aliphatic carbocycles. The van der Waals surface area contributed by atoms with Crippen molar-refractivity contribution in [3.63, 3.8) is 0 Å². The topological polar surface area (TPSA) is 105 Å². The summed E-state index contributed by atoms with van der Waals surface area (Å²) >= 11 is 1.41. The van der Waals surface area contributed by atoms with Crippen molar-refractivity contribution in [3.8, 4) is 0 Å². The third kappa shape index (κ3) is 3.16. The van der Waals surface area contributed by atoms with E-state index in [4.69, 9.17) is 0 Å². The van der Waals surface area contributed by atoms with E-state index in [9.17, 15) is 20.0 Å². The van der Waals surface area contributed by atoms with Crippen LogP contribution >= 0.6 is 11.3 Å². The second-order valence-corrected chi connectivity index (χ2v) is 5.16. The number of thiazole rings is 1. The molecule has 8 heteroatoms. The predicted octanol–water partition coefficient (Wildman–Crippen LogP) is 3.31. The van der Waals surface area contributed by atoms with Gasteiger partial charge in [-0.25, -0.2) is 9.78 Å². The number of benzene rings is 1. The van der Waals surface area contributed by atoms with Gasteiger partial charge in [0.05, 0.1) is 16.5 Å². The summed E-state index contributed by atoms with van der Waals surface area (Å²) in [6, 6.07) is 3.70. The molecular weight excluding hydrogens is 294 g/mol. The van der Waals surface area contributed by atoms with Gasteiger partial charge in [-0.2, -0.15) is 0 Å². The van der Waals surface area contributed by atoms with Crippen molar-refractivity contribution in [3.05, 3.63) is 50.5 Å². The van der Waals surface area contributed by atoms with Gasteiger partial charge in [-0.15, -0.1) is 11.3 Å². The lowest BCUT2D eigenvalue weighted by Crippen LogP contribution is -2.14. The van der Waals surface area contributed by atoms with Crippen molar-refractivity contribution in [1.82, 2.24) is 4.98 Å². The van der Waals surface area contributed by atoms with Crippen molar-refractivity contribution in [2.75, 3.05) is 5.32 Å². The zero-order chi connectivity index (χ0) is 15.4. The van der Waals surface area contributed by atoms with Gasteiger partial charge >= 0.3 is 5.97 Å². The average molecular weight is 307 g/mol. The van der Waals surface area contributed by atoms with E-state index in [1.54, 1.807) is 11.6 Å². The van der Waals surface area contributed by atoms with Crippen LogP contribution in [0.4, 0.5) is 11.4 Å². The number of carboxylic acid groups (broad SMARTS) is 1. The maximum absolute atomic E-state index is 11.3. The Bertz CT molecular complexity index is 625. The summed E-state index contributed by atoms with van der Waals surface area (Å²) in [4.78, 5) is 26.0. The monoisotopic (exact) mass is 307 g/mol. The number of para-hydroxylation sites is 1. The largest absolute Gasteiger partial charge is 0.478 e. The maximum Gasteiger partial charge on any atom is 0.338 e. The molecule has 1 atom stereocenters. The Morgan fingerprint density at radius 1 is 1.57 bits per heavy atom. The number of nitro benzene ring substituents is 1. The Morgan fingerprint density at radius 3 is 2.86 bits per heavy atom. The molecule has 0 radical (unpaired) electrons. The molecule has 21 heavy (non-hydrogen) atoms. The minimum atomic E-state index is -1.21. The summed E-state index contributed by atoms with van der Waals surface area (Å²) in [6.45, 7) is 1.90. The fraction of sp³-hybridized carbons (Fsp3) is 0.231. The molecule has 0 spiro atoms. The van der Waals surface area contributed by atoms with Gasteiger partial charge in [-0.1, -0.05) is 13.0 Å². The van der Waals surface area contributed by atoms with Crippen LogP contribution in [0, 0.1) is 10.1 Å². The first-order chi connectivity index (χ1) is 10.0. The number of nitrogens with zero attached hydrogens (tertiary/aromatic N) is 2. The van der Waals surface area contributed by atoms with Gasteiger partial charge in [-0.3, -0.25) is 10.1 Å².